The second-order valence-corrected chi connectivity index (χ2v) is 5.42. The summed E-state index contributed by atoms with van der Waals surface area (Å²) in [6, 6.07) is 9.26. The van der Waals surface area contributed by atoms with Crippen LogP contribution in [0.25, 0.3) is 0 Å². The first-order valence-electron chi connectivity index (χ1n) is 6.50. The fourth-order valence-corrected chi connectivity index (χ4v) is 2.20. The van der Waals surface area contributed by atoms with E-state index in [1.165, 1.54) is 0 Å². The topological polar surface area (TPSA) is 57.6 Å². The maximum atomic E-state index is 12.2. The van der Waals surface area contributed by atoms with Gasteiger partial charge in [0.15, 0.2) is 0 Å². The average Bonchev–Trinajstić information content (AvgIpc) is 3.22. The molecule has 1 aliphatic rings. The molecule has 1 amide bonds. The highest BCUT2D eigenvalue weighted by Crippen LogP contribution is 2.31. The Labute approximate surface area is 113 Å². The smallest absolute Gasteiger partial charge is 0.314 e. The molecule has 1 aliphatic carbocycles. The Hall–Kier alpha value is -1.84. The van der Waals surface area contributed by atoms with E-state index in [1.807, 2.05) is 6.07 Å². The summed E-state index contributed by atoms with van der Waals surface area (Å²) in [5.41, 5.74) is -0.498. The first-order valence-corrected chi connectivity index (χ1v) is 6.50. The quantitative estimate of drug-likeness (QED) is 0.882. The van der Waals surface area contributed by atoms with Crippen molar-refractivity contribution < 1.29 is 14.7 Å². The number of carbonyl (C=O) groups is 2. The lowest BCUT2D eigenvalue weighted by atomic mass is 9.79. The molecule has 1 unspecified atom stereocenters. The van der Waals surface area contributed by atoms with Crippen molar-refractivity contribution in [2.75, 3.05) is 7.05 Å². The molecule has 0 aromatic heterocycles. The number of hydrogen-bond donors (Lipinski definition) is 1. The van der Waals surface area contributed by atoms with Gasteiger partial charge in [0.1, 0.15) is 0 Å². The van der Waals surface area contributed by atoms with Crippen LogP contribution in [0.15, 0.2) is 30.3 Å². The molecule has 0 radical (unpaired) electrons. The molecule has 102 valence electrons. The van der Waals surface area contributed by atoms with Crippen LogP contribution in [0.3, 0.4) is 0 Å². The molecule has 0 aliphatic heterocycles. The second kappa shape index (κ2) is 5.03. The summed E-state index contributed by atoms with van der Waals surface area (Å²) in [4.78, 5) is 25.5. The van der Waals surface area contributed by atoms with Crippen molar-refractivity contribution in [2.24, 2.45) is 0 Å². The van der Waals surface area contributed by atoms with Gasteiger partial charge in [-0.25, -0.2) is 0 Å². The van der Waals surface area contributed by atoms with Gasteiger partial charge in [0.05, 0.1) is 5.41 Å². The summed E-state index contributed by atoms with van der Waals surface area (Å²) in [5, 5.41) is 9.50. The molecular weight excluding hydrogens is 242 g/mol. The van der Waals surface area contributed by atoms with Crippen LogP contribution < -0.4 is 0 Å². The molecule has 0 saturated heterocycles. The third-order valence-electron chi connectivity index (χ3n) is 3.88. The Bertz CT molecular complexity index is 481. The van der Waals surface area contributed by atoms with Crippen LogP contribution in [0.2, 0.25) is 0 Å². The highest BCUT2D eigenvalue weighted by molar-refractivity contribution is 5.89. The van der Waals surface area contributed by atoms with E-state index in [2.05, 4.69) is 0 Å². The summed E-state index contributed by atoms with van der Waals surface area (Å²) in [6.07, 6.45) is 2.05. The zero-order valence-electron chi connectivity index (χ0n) is 11.3. The Morgan fingerprint density at radius 3 is 2.37 bits per heavy atom. The van der Waals surface area contributed by atoms with Crippen molar-refractivity contribution in [1.82, 2.24) is 4.90 Å². The minimum atomic E-state index is -1.17. The monoisotopic (exact) mass is 261 g/mol. The molecule has 2 rings (SSSR count). The number of aliphatic carboxylic acids is 1. The van der Waals surface area contributed by atoms with Gasteiger partial charge in [-0.15, -0.1) is 0 Å². The minimum absolute atomic E-state index is 0.000648. The van der Waals surface area contributed by atoms with Crippen LogP contribution in [0, 0.1) is 0 Å². The third kappa shape index (κ3) is 2.78. The number of carboxylic acid groups (broad SMARTS) is 1. The van der Waals surface area contributed by atoms with Crippen molar-refractivity contribution in [2.45, 2.75) is 37.6 Å². The van der Waals surface area contributed by atoms with Gasteiger partial charge in [0.2, 0.25) is 5.91 Å². The van der Waals surface area contributed by atoms with Gasteiger partial charge >= 0.3 is 5.97 Å². The molecule has 4 heteroatoms. The van der Waals surface area contributed by atoms with Crippen molar-refractivity contribution in [1.29, 1.82) is 0 Å². The van der Waals surface area contributed by atoms with Crippen LogP contribution in [0.4, 0.5) is 0 Å². The predicted molar refractivity (Wildman–Crippen MR) is 71.8 cm³/mol. The zero-order valence-corrected chi connectivity index (χ0v) is 11.3. The molecule has 1 saturated carbocycles. The number of benzene rings is 1. The van der Waals surface area contributed by atoms with Crippen molar-refractivity contribution in [3.63, 3.8) is 0 Å². The van der Waals surface area contributed by atoms with E-state index in [1.54, 1.807) is 43.1 Å². The number of amides is 1. The molecular formula is C15H19NO3. The maximum absolute atomic E-state index is 12.2. The summed E-state index contributed by atoms with van der Waals surface area (Å²) >= 11 is 0. The molecule has 0 heterocycles. The molecule has 1 atom stereocenters. The molecule has 1 fully saturated rings. The van der Waals surface area contributed by atoms with Crippen molar-refractivity contribution >= 4 is 11.9 Å². The highest BCUT2D eigenvalue weighted by Gasteiger charge is 2.40. The fourth-order valence-electron chi connectivity index (χ4n) is 2.20. The summed E-state index contributed by atoms with van der Waals surface area (Å²) in [7, 11) is 1.76. The van der Waals surface area contributed by atoms with E-state index in [-0.39, 0.29) is 12.3 Å². The largest absolute Gasteiger partial charge is 0.481 e. The van der Waals surface area contributed by atoms with Gasteiger partial charge in [-0.05, 0) is 25.3 Å². The zero-order chi connectivity index (χ0) is 14.0. The first kappa shape index (κ1) is 13.6. The maximum Gasteiger partial charge on any atom is 0.314 e. The van der Waals surface area contributed by atoms with Crippen LogP contribution >= 0.6 is 0 Å². The van der Waals surface area contributed by atoms with Gasteiger partial charge in [-0.3, -0.25) is 9.59 Å². The summed E-state index contributed by atoms with van der Waals surface area (Å²) in [5.74, 6) is -1.06. The normalized spacial score (nSPS) is 17.6. The molecule has 19 heavy (non-hydrogen) atoms. The first-order chi connectivity index (χ1) is 8.95. The van der Waals surface area contributed by atoms with Crippen molar-refractivity contribution in [3.8, 4) is 0 Å². The lowest BCUT2D eigenvalue weighted by molar-refractivity contribution is -0.147. The van der Waals surface area contributed by atoms with Gasteiger partial charge in [0.25, 0.3) is 0 Å². The Kier molecular flexibility index (Phi) is 3.60. The number of rotatable bonds is 5. The van der Waals surface area contributed by atoms with Crippen LogP contribution in [-0.2, 0) is 15.0 Å². The summed E-state index contributed by atoms with van der Waals surface area (Å²) in [6.45, 7) is 1.61. The SMILES string of the molecule is CN(C(=O)CC(C)(C(=O)O)c1ccccc1)C1CC1. The Balaban J connectivity index is 2.20. The van der Waals surface area contributed by atoms with E-state index in [4.69, 9.17) is 0 Å². The number of hydrogen-bond acceptors (Lipinski definition) is 2. The second-order valence-electron chi connectivity index (χ2n) is 5.42. The molecule has 0 bridgehead atoms. The van der Waals surface area contributed by atoms with Crippen molar-refractivity contribution in [3.05, 3.63) is 35.9 Å². The highest BCUT2D eigenvalue weighted by atomic mass is 16.4. The minimum Gasteiger partial charge on any atom is -0.481 e. The van der Waals surface area contributed by atoms with Crippen LogP contribution in [0.5, 0.6) is 0 Å². The Morgan fingerprint density at radius 1 is 1.32 bits per heavy atom. The van der Waals surface area contributed by atoms with Gasteiger partial charge in [-0.2, -0.15) is 0 Å². The van der Waals surface area contributed by atoms with Crippen LogP contribution in [-0.4, -0.2) is 35.0 Å². The lowest BCUT2D eigenvalue weighted by Gasteiger charge is -2.27. The number of nitrogens with zero attached hydrogens (tertiary/aromatic N) is 1. The lowest BCUT2D eigenvalue weighted by Crippen LogP contribution is -2.40. The van der Waals surface area contributed by atoms with E-state index in [9.17, 15) is 14.7 Å². The fraction of sp³-hybridized carbons (Fsp3) is 0.467. The van der Waals surface area contributed by atoms with E-state index >= 15 is 0 Å². The average molecular weight is 261 g/mol. The van der Waals surface area contributed by atoms with Gasteiger partial charge < -0.3 is 10.0 Å². The van der Waals surface area contributed by atoms with Crippen LogP contribution in [0.1, 0.15) is 31.7 Å². The van der Waals surface area contributed by atoms with E-state index < -0.39 is 11.4 Å². The van der Waals surface area contributed by atoms with Gasteiger partial charge in [0, 0.05) is 19.5 Å². The Morgan fingerprint density at radius 2 is 1.89 bits per heavy atom. The predicted octanol–water partition coefficient (Wildman–Crippen LogP) is 2.04. The standard InChI is InChI=1S/C15H19NO3/c1-15(14(18)19,11-6-4-3-5-7-11)10-13(17)16(2)12-8-9-12/h3-7,12H,8-10H2,1-2H3,(H,18,19). The third-order valence-corrected chi connectivity index (χ3v) is 3.88. The van der Waals surface area contributed by atoms with E-state index in [0.29, 0.717) is 11.6 Å². The summed E-state index contributed by atoms with van der Waals surface area (Å²) < 4.78 is 0. The molecule has 0 spiro atoms. The molecule has 1 aromatic carbocycles. The number of carbonyl (C=O) groups excluding carboxylic acids is 1. The number of carboxylic acids is 1. The van der Waals surface area contributed by atoms with Gasteiger partial charge in [-0.1, -0.05) is 30.3 Å². The molecule has 1 aromatic rings. The molecule has 4 nitrogen and oxygen atoms in total. The molecule has 1 N–H and O–H groups in total. The van der Waals surface area contributed by atoms with E-state index in [0.717, 1.165) is 12.8 Å².